The van der Waals surface area contributed by atoms with Gasteiger partial charge in [-0.05, 0) is 31.1 Å². The quantitative estimate of drug-likeness (QED) is 0.822. The molecule has 1 heterocycles. The fourth-order valence-electron chi connectivity index (χ4n) is 1.90. The molecule has 0 atom stereocenters. The van der Waals surface area contributed by atoms with Crippen LogP contribution in [-0.2, 0) is 4.74 Å². The zero-order valence-electron chi connectivity index (χ0n) is 9.83. The van der Waals surface area contributed by atoms with Gasteiger partial charge in [-0.1, -0.05) is 6.08 Å². The second kappa shape index (κ2) is 5.19. The number of anilines is 1. The molecule has 1 aromatic carbocycles. The molecule has 92 valence electrons. The molecule has 0 fully saturated rings. The topological polar surface area (TPSA) is 44.5 Å². The Balaban J connectivity index is 2.45. The summed E-state index contributed by atoms with van der Waals surface area (Å²) >= 11 is 0. The van der Waals surface area contributed by atoms with Crippen LogP contribution in [0.1, 0.15) is 18.9 Å². The van der Waals surface area contributed by atoms with Crippen LogP contribution >= 0.6 is 0 Å². The smallest absolute Gasteiger partial charge is 0.152 e. The molecular weight excluding hydrogens is 221 g/mol. The molecule has 0 saturated heterocycles. The summed E-state index contributed by atoms with van der Waals surface area (Å²) in [7, 11) is 0. The van der Waals surface area contributed by atoms with Crippen molar-refractivity contribution in [1.29, 1.82) is 0 Å². The van der Waals surface area contributed by atoms with Crippen LogP contribution in [-0.4, -0.2) is 19.8 Å². The fourth-order valence-corrected chi connectivity index (χ4v) is 1.90. The largest absolute Gasteiger partial charge is 0.491 e. The SMILES string of the molecule is CCOc1c(C2=CCOCC2)ccc(F)c1N. The molecule has 17 heavy (non-hydrogen) atoms. The fraction of sp³-hybridized carbons (Fsp3) is 0.385. The number of ether oxygens (including phenoxy) is 2. The first kappa shape index (κ1) is 11.9. The van der Waals surface area contributed by atoms with E-state index in [1.807, 2.05) is 13.0 Å². The van der Waals surface area contributed by atoms with E-state index in [2.05, 4.69) is 0 Å². The van der Waals surface area contributed by atoms with Crippen LogP contribution in [0.15, 0.2) is 18.2 Å². The summed E-state index contributed by atoms with van der Waals surface area (Å²) in [6.07, 6.45) is 2.78. The second-order valence-corrected chi connectivity index (χ2v) is 3.83. The van der Waals surface area contributed by atoms with Crippen LogP contribution in [0, 0.1) is 5.82 Å². The third-order valence-electron chi connectivity index (χ3n) is 2.74. The predicted molar refractivity (Wildman–Crippen MR) is 65.4 cm³/mol. The van der Waals surface area contributed by atoms with E-state index in [-0.39, 0.29) is 5.69 Å². The maximum Gasteiger partial charge on any atom is 0.152 e. The standard InChI is InChI=1S/C13H16FNO2/c1-2-17-13-10(3-4-11(14)12(13)15)9-5-7-16-8-6-9/h3-5H,2,6-8,15H2,1H3. The molecule has 1 aliphatic heterocycles. The lowest BCUT2D eigenvalue weighted by molar-refractivity contribution is 0.161. The van der Waals surface area contributed by atoms with Crippen LogP contribution in [0.4, 0.5) is 10.1 Å². The van der Waals surface area contributed by atoms with Crippen molar-refractivity contribution in [2.24, 2.45) is 0 Å². The van der Waals surface area contributed by atoms with Crippen LogP contribution in [0.25, 0.3) is 5.57 Å². The van der Waals surface area contributed by atoms with Crippen LogP contribution in [0.2, 0.25) is 0 Å². The highest BCUT2D eigenvalue weighted by atomic mass is 19.1. The number of rotatable bonds is 3. The van der Waals surface area contributed by atoms with Crippen molar-refractivity contribution in [3.8, 4) is 5.75 Å². The average Bonchev–Trinajstić information content (AvgIpc) is 2.36. The third kappa shape index (κ3) is 2.42. The van der Waals surface area contributed by atoms with Gasteiger partial charge in [0, 0.05) is 5.56 Å². The van der Waals surface area contributed by atoms with Crippen molar-refractivity contribution in [2.45, 2.75) is 13.3 Å². The Hall–Kier alpha value is -1.55. The van der Waals surface area contributed by atoms with E-state index in [0.717, 1.165) is 17.6 Å². The molecule has 0 unspecified atom stereocenters. The van der Waals surface area contributed by atoms with Gasteiger partial charge in [-0.2, -0.15) is 0 Å². The van der Waals surface area contributed by atoms with Gasteiger partial charge in [0.1, 0.15) is 11.5 Å². The highest BCUT2D eigenvalue weighted by Crippen LogP contribution is 2.35. The highest BCUT2D eigenvalue weighted by Gasteiger charge is 2.16. The Morgan fingerprint density at radius 2 is 2.29 bits per heavy atom. The maximum absolute atomic E-state index is 13.4. The number of nitrogens with two attached hydrogens (primary N) is 1. The lowest BCUT2D eigenvalue weighted by Crippen LogP contribution is -2.07. The summed E-state index contributed by atoms with van der Waals surface area (Å²) in [6, 6.07) is 3.09. The summed E-state index contributed by atoms with van der Waals surface area (Å²) in [5, 5.41) is 0. The van der Waals surface area contributed by atoms with Gasteiger partial charge in [-0.25, -0.2) is 4.39 Å². The van der Waals surface area contributed by atoms with Gasteiger partial charge in [-0.3, -0.25) is 0 Å². The van der Waals surface area contributed by atoms with Gasteiger partial charge in [-0.15, -0.1) is 0 Å². The first-order valence-electron chi connectivity index (χ1n) is 5.72. The van der Waals surface area contributed by atoms with Gasteiger partial charge in [0.15, 0.2) is 5.75 Å². The Kier molecular flexibility index (Phi) is 3.64. The molecule has 1 aliphatic rings. The molecule has 0 amide bonds. The normalized spacial score (nSPS) is 15.5. The van der Waals surface area contributed by atoms with E-state index < -0.39 is 5.82 Å². The maximum atomic E-state index is 13.4. The van der Waals surface area contributed by atoms with Crippen molar-refractivity contribution in [2.75, 3.05) is 25.6 Å². The Bertz CT molecular complexity index is 443. The summed E-state index contributed by atoms with van der Waals surface area (Å²) in [6.45, 7) is 3.57. The Labute approximate surface area is 100 Å². The van der Waals surface area contributed by atoms with Crippen molar-refractivity contribution >= 4 is 11.3 Å². The summed E-state index contributed by atoms with van der Waals surface area (Å²) < 4.78 is 24.1. The van der Waals surface area contributed by atoms with E-state index >= 15 is 0 Å². The zero-order valence-corrected chi connectivity index (χ0v) is 9.83. The van der Waals surface area contributed by atoms with E-state index in [1.165, 1.54) is 6.07 Å². The molecule has 2 rings (SSSR count). The molecule has 0 aromatic heterocycles. The lowest BCUT2D eigenvalue weighted by Gasteiger charge is -2.18. The van der Waals surface area contributed by atoms with Crippen LogP contribution in [0.3, 0.4) is 0 Å². The average molecular weight is 237 g/mol. The van der Waals surface area contributed by atoms with Crippen molar-refractivity contribution < 1.29 is 13.9 Å². The van der Waals surface area contributed by atoms with E-state index in [9.17, 15) is 4.39 Å². The van der Waals surface area contributed by atoms with Crippen LogP contribution in [0.5, 0.6) is 5.75 Å². The highest BCUT2D eigenvalue weighted by molar-refractivity contribution is 5.76. The Morgan fingerprint density at radius 3 is 2.94 bits per heavy atom. The molecule has 0 aliphatic carbocycles. The first-order chi connectivity index (χ1) is 8.24. The molecular formula is C13H16FNO2. The minimum absolute atomic E-state index is 0.0803. The number of benzene rings is 1. The van der Waals surface area contributed by atoms with E-state index in [0.29, 0.717) is 25.6 Å². The van der Waals surface area contributed by atoms with Gasteiger partial charge in [0.2, 0.25) is 0 Å². The summed E-state index contributed by atoms with van der Waals surface area (Å²) in [5.74, 6) is 0.00510. The van der Waals surface area contributed by atoms with E-state index in [1.54, 1.807) is 6.07 Å². The van der Waals surface area contributed by atoms with Crippen LogP contribution < -0.4 is 10.5 Å². The zero-order chi connectivity index (χ0) is 12.3. The molecule has 2 N–H and O–H groups in total. The summed E-state index contributed by atoms with van der Waals surface area (Å²) in [4.78, 5) is 0. The predicted octanol–water partition coefficient (Wildman–Crippen LogP) is 2.61. The molecule has 1 aromatic rings. The molecule has 0 saturated carbocycles. The molecule has 3 nitrogen and oxygen atoms in total. The van der Waals surface area contributed by atoms with Gasteiger partial charge < -0.3 is 15.2 Å². The number of halogens is 1. The number of nitrogen functional groups attached to an aromatic ring is 1. The second-order valence-electron chi connectivity index (χ2n) is 3.83. The van der Waals surface area contributed by atoms with E-state index in [4.69, 9.17) is 15.2 Å². The molecule has 0 radical (unpaired) electrons. The third-order valence-corrected chi connectivity index (χ3v) is 2.74. The van der Waals surface area contributed by atoms with Crippen molar-refractivity contribution in [1.82, 2.24) is 0 Å². The first-order valence-corrected chi connectivity index (χ1v) is 5.72. The van der Waals surface area contributed by atoms with Crippen molar-refractivity contribution in [3.05, 3.63) is 29.6 Å². The minimum atomic E-state index is -0.440. The number of hydrogen-bond acceptors (Lipinski definition) is 3. The van der Waals surface area contributed by atoms with Crippen molar-refractivity contribution in [3.63, 3.8) is 0 Å². The van der Waals surface area contributed by atoms with Gasteiger partial charge in [0.25, 0.3) is 0 Å². The number of hydrogen-bond donors (Lipinski definition) is 1. The lowest BCUT2D eigenvalue weighted by atomic mass is 9.99. The minimum Gasteiger partial charge on any atom is -0.491 e. The monoisotopic (exact) mass is 237 g/mol. The Morgan fingerprint density at radius 1 is 1.47 bits per heavy atom. The van der Waals surface area contributed by atoms with Gasteiger partial charge in [0.05, 0.1) is 19.8 Å². The summed E-state index contributed by atoms with van der Waals surface area (Å²) in [5.41, 5.74) is 7.77. The molecule has 0 spiro atoms. The molecule has 0 bridgehead atoms. The molecule has 4 heteroatoms. The van der Waals surface area contributed by atoms with Gasteiger partial charge >= 0.3 is 0 Å².